The van der Waals surface area contributed by atoms with E-state index in [9.17, 15) is 23.4 Å². The number of carbonyl (C=O) groups is 1. The van der Waals surface area contributed by atoms with Gasteiger partial charge in [-0.25, -0.2) is 13.2 Å². The van der Waals surface area contributed by atoms with Crippen molar-refractivity contribution in [1.82, 2.24) is 0 Å². The molecule has 2 N–H and O–H groups in total. The molecule has 8 heteroatoms. The topological polar surface area (TPSA) is 104 Å². The molecule has 1 heterocycles. The molecule has 0 amide bonds. The van der Waals surface area contributed by atoms with E-state index in [0.29, 0.717) is 0 Å². The summed E-state index contributed by atoms with van der Waals surface area (Å²) in [7, 11) is -3.93. The molecule has 25 heavy (non-hydrogen) atoms. The second-order valence-electron chi connectivity index (χ2n) is 5.76. The van der Waals surface area contributed by atoms with Crippen molar-refractivity contribution in [2.45, 2.75) is 17.9 Å². The normalized spacial score (nSPS) is 16.9. The summed E-state index contributed by atoms with van der Waals surface area (Å²) < 4.78 is 32.8. The van der Waals surface area contributed by atoms with Crippen LogP contribution < -0.4 is 9.04 Å². The van der Waals surface area contributed by atoms with Crippen LogP contribution in [-0.4, -0.2) is 43.9 Å². The Bertz CT molecular complexity index is 924. The molecule has 0 saturated heterocycles. The molecule has 0 bridgehead atoms. The number of ether oxygens (including phenoxy) is 1. The number of rotatable bonds is 4. The monoisotopic (exact) mass is 363 g/mol. The first-order chi connectivity index (χ1) is 11.8. The third-order valence-electron chi connectivity index (χ3n) is 3.92. The molecule has 0 fully saturated rings. The number of benzene rings is 2. The van der Waals surface area contributed by atoms with Crippen LogP contribution in [0.15, 0.2) is 47.4 Å². The zero-order chi connectivity index (χ0) is 18.2. The summed E-state index contributed by atoms with van der Waals surface area (Å²) in [6.45, 7) is 1.31. The lowest BCUT2D eigenvalue weighted by Crippen LogP contribution is -2.45. The second kappa shape index (κ2) is 6.38. The Balaban J connectivity index is 2.15. The summed E-state index contributed by atoms with van der Waals surface area (Å²) in [6.07, 6.45) is -0.734. The first-order valence-electron chi connectivity index (χ1n) is 7.57. The summed E-state index contributed by atoms with van der Waals surface area (Å²) in [5, 5.41) is 18.6. The van der Waals surface area contributed by atoms with Gasteiger partial charge in [-0.3, -0.25) is 4.31 Å². The number of aromatic carboxylic acids is 1. The quantitative estimate of drug-likeness (QED) is 0.856. The average Bonchev–Trinajstić information content (AvgIpc) is 2.60. The van der Waals surface area contributed by atoms with Crippen molar-refractivity contribution in [2.75, 3.05) is 17.5 Å². The molecule has 1 atom stereocenters. The summed E-state index contributed by atoms with van der Waals surface area (Å²) >= 11 is 0. The highest BCUT2D eigenvalue weighted by atomic mass is 32.2. The predicted octanol–water partition coefficient (Wildman–Crippen LogP) is 1.64. The number of aliphatic hydroxyl groups excluding tert-OH is 1. The Kier molecular flexibility index (Phi) is 4.40. The third kappa shape index (κ3) is 3.18. The van der Waals surface area contributed by atoms with Crippen molar-refractivity contribution in [3.8, 4) is 5.75 Å². The van der Waals surface area contributed by atoms with Crippen LogP contribution in [0.1, 0.15) is 15.9 Å². The van der Waals surface area contributed by atoms with E-state index in [0.717, 1.165) is 9.87 Å². The van der Waals surface area contributed by atoms with Gasteiger partial charge in [0.25, 0.3) is 10.0 Å². The summed E-state index contributed by atoms with van der Waals surface area (Å²) in [5.74, 6) is -0.952. The Morgan fingerprint density at radius 3 is 2.68 bits per heavy atom. The van der Waals surface area contributed by atoms with Gasteiger partial charge in [0.15, 0.2) is 0 Å². The maximum Gasteiger partial charge on any atom is 0.335 e. The summed E-state index contributed by atoms with van der Waals surface area (Å²) in [4.78, 5) is 11.3. The molecule has 0 unspecified atom stereocenters. The van der Waals surface area contributed by atoms with Gasteiger partial charge in [0.1, 0.15) is 11.9 Å². The lowest BCUT2D eigenvalue weighted by Gasteiger charge is -2.35. The van der Waals surface area contributed by atoms with Gasteiger partial charge in [-0.1, -0.05) is 12.1 Å². The van der Waals surface area contributed by atoms with Gasteiger partial charge in [-0.15, -0.1) is 0 Å². The van der Waals surface area contributed by atoms with Crippen LogP contribution in [0.2, 0.25) is 0 Å². The number of fused-ring (bicyclic) bond motifs is 1. The molecule has 2 aromatic rings. The highest BCUT2D eigenvalue weighted by molar-refractivity contribution is 7.92. The van der Waals surface area contributed by atoms with Gasteiger partial charge in [0.2, 0.25) is 0 Å². The van der Waals surface area contributed by atoms with E-state index in [2.05, 4.69) is 0 Å². The molecule has 2 aromatic carbocycles. The second-order valence-corrected chi connectivity index (χ2v) is 7.63. The van der Waals surface area contributed by atoms with Crippen molar-refractivity contribution >= 4 is 21.7 Å². The number of aryl methyl sites for hydroxylation is 1. The van der Waals surface area contributed by atoms with E-state index >= 15 is 0 Å². The van der Waals surface area contributed by atoms with Crippen LogP contribution in [0.3, 0.4) is 0 Å². The van der Waals surface area contributed by atoms with Crippen molar-refractivity contribution in [3.63, 3.8) is 0 Å². The minimum atomic E-state index is -3.93. The molecule has 0 aliphatic carbocycles. The molecular weight excluding hydrogens is 346 g/mol. The Hall–Kier alpha value is -2.58. The molecule has 1 aliphatic heterocycles. The Morgan fingerprint density at radius 2 is 2.04 bits per heavy atom. The number of carboxylic acids is 1. The van der Waals surface area contributed by atoms with E-state index in [1.807, 2.05) is 0 Å². The molecule has 0 saturated carbocycles. The van der Waals surface area contributed by atoms with Gasteiger partial charge < -0.3 is 14.9 Å². The fourth-order valence-electron chi connectivity index (χ4n) is 2.67. The van der Waals surface area contributed by atoms with Crippen LogP contribution in [0.25, 0.3) is 0 Å². The van der Waals surface area contributed by atoms with Crippen LogP contribution in [0.4, 0.5) is 5.69 Å². The fourth-order valence-corrected chi connectivity index (χ4v) is 4.27. The number of hydrogen-bond donors (Lipinski definition) is 2. The number of hydrogen-bond acceptors (Lipinski definition) is 5. The van der Waals surface area contributed by atoms with Crippen molar-refractivity contribution < 1.29 is 28.2 Å². The van der Waals surface area contributed by atoms with Crippen molar-refractivity contribution in [3.05, 3.63) is 53.6 Å². The van der Waals surface area contributed by atoms with Gasteiger partial charge >= 0.3 is 5.97 Å². The first-order valence-corrected chi connectivity index (χ1v) is 9.01. The molecule has 7 nitrogen and oxygen atoms in total. The van der Waals surface area contributed by atoms with E-state index in [1.165, 1.54) is 24.3 Å². The largest absolute Gasteiger partial charge is 0.484 e. The third-order valence-corrected chi connectivity index (χ3v) is 5.69. The number of anilines is 1. The molecular formula is C17H17NO6S. The average molecular weight is 363 g/mol. The Morgan fingerprint density at radius 1 is 1.28 bits per heavy atom. The number of sulfonamides is 1. The smallest absolute Gasteiger partial charge is 0.335 e. The molecule has 3 rings (SSSR count). The predicted molar refractivity (Wildman–Crippen MR) is 90.6 cm³/mol. The molecule has 0 radical (unpaired) electrons. The van der Waals surface area contributed by atoms with E-state index in [1.54, 1.807) is 25.1 Å². The van der Waals surface area contributed by atoms with E-state index in [4.69, 9.17) is 4.74 Å². The van der Waals surface area contributed by atoms with Crippen molar-refractivity contribution in [2.24, 2.45) is 0 Å². The zero-order valence-electron chi connectivity index (χ0n) is 13.4. The number of nitrogens with zero attached hydrogens (tertiary/aromatic N) is 1. The minimum Gasteiger partial charge on any atom is -0.484 e. The van der Waals surface area contributed by atoms with Crippen LogP contribution in [-0.2, 0) is 10.0 Å². The highest BCUT2D eigenvalue weighted by Gasteiger charge is 2.34. The fraction of sp³-hybridized carbons (Fsp3) is 0.235. The lowest BCUT2D eigenvalue weighted by molar-refractivity contribution is 0.0696. The lowest BCUT2D eigenvalue weighted by atomic mass is 10.1. The maximum atomic E-state index is 13.1. The van der Waals surface area contributed by atoms with E-state index in [-0.39, 0.29) is 35.0 Å². The van der Waals surface area contributed by atoms with Crippen LogP contribution in [0, 0.1) is 6.92 Å². The molecule has 0 aromatic heterocycles. The van der Waals surface area contributed by atoms with Gasteiger partial charge in [0.05, 0.1) is 29.3 Å². The molecule has 132 valence electrons. The van der Waals surface area contributed by atoms with E-state index < -0.39 is 22.1 Å². The first kappa shape index (κ1) is 17.2. The SMILES string of the molecule is Cc1cccc(S(=O)(=O)N2C[C@@H](CO)Oc3ccc(C(=O)O)cc32)c1. The molecule has 0 spiro atoms. The highest BCUT2D eigenvalue weighted by Crippen LogP contribution is 2.37. The number of carboxylic acid groups (broad SMARTS) is 1. The van der Waals surface area contributed by atoms with Gasteiger partial charge in [-0.2, -0.15) is 0 Å². The summed E-state index contributed by atoms with van der Waals surface area (Å²) in [6, 6.07) is 10.4. The minimum absolute atomic E-state index is 0.0470. The van der Waals surface area contributed by atoms with Gasteiger partial charge in [-0.05, 0) is 42.8 Å². The standard InChI is InChI=1S/C17H17NO6S/c1-11-3-2-4-14(7-11)25(22,23)18-9-13(10-19)24-16-6-5-12(17(20)21)8-15(16)18/h2-8,13,19H,9-10H2,1H3,(H,20,21)/t13-/m0/s1. The van der Waals surface area contributed by atoms with Crippen molar-refractivity contribution in [1.29, 1.82) is 0 Å². The summed E-state index contributed by atoms with van der Waals surface area (Å²) in [5.41, 5.74) is 0.882. The zero-order valence-corrected chi connectivity index (χ0v) is 14.2. The van der Waals surface area contributed by atoms with Gasteiger partial charge in [0, 0.05) is 0 Å². The Labute approximate surface area is 145 Å². The van der Waals surface area contributed by atoms with Crippen LogP contribution >= 0.6 is 0 Å². The van der Waals surface area contributed by atoms with Crippen LogP contribution in [0.5, 0.6) is 5.75 Å². The molecule has 1 aliphatic rings. The number of aliphatic hydroxyl groups is 1. The maximum absolute atomic E-state index is 13.1.